The molecular formula is C38H53IO7Si2. The lowest BCUT2D eigenvalue weighted by Crippen LogP contribution is -2.63. The molecule has 0 spiro atoms. The van der Waals surface area contributed by atoms with Crippen LogP contribution in [0.3, 0.4) is 0 Å². The Kier molecular flexibility index (Phi) is 9.73. The van der Waals surface area contributed by atoms with Crippen molar-refractivity contribution in [1.82, 2.24) is 0 Å². The molecule has 0 unspecified atom stereocenters. The monoisotopic (exact) mass is 804 g/mol. The van der Waals surface area contributed by atoms with E-state index in [1.54, 1.807) is 14.2 Å². The summed E-state index contributed by atoms with van der Waals surface area (Å²) in [5, 5.41) is 0.877. The predicted octanol–water partition coefficient (Wildman–Crippen LogP) is 10.8. The Bertz CT molecular complexity index is 1720. The Morgan fingerprint density at radius 2 is 1.48 bits per heavy atom. The maximum Gasteiger partial charge on any atom is 0.471 e. The predicted molar refractivity (Wildman–Crippen MR) is 206 cm³/mol. The SMILES string of the molecule is COc1ccc(CO[C@H]2C[C@H](O[Si](C)(C)C(C)(C)C)C(=O)c3c2c(OC)c2cc(C)c(I)c4c2c3O[Si](C(C)(C)C)(C(C)(C)C)O4)cc1. The van der Waals surface area contributed by atoms with E-state index < -0.39 is 29.1 Å². The van der Waals surface area contributed by atoms with Gasteiger partial charge < -0.3 is 27.5 Å². The van der Waals surface area contributed by atoms with Gasteiger partial charge in [0.25, 0.3) is 0 Å². The van der Waals surface area contributed by atoms with E-state index >= 15 is 4.79 Å². The van der Waals surface area contributed by atoms with E-state index in [9.17, 15) is 0 Å². The number of halogens is 1. The summed E-state index contributed by atoms with van der Waals surface area (Å²) in [5.74, 6) is 2.69. The van der Waals surface area contributed by atoms with Gasteiger partial charge in [0, 0.05) is 27.4 Å². The molecule has 0 saturated carbocycles. The van der Waals surface area contributed by atoms with Gasteiger partial charge in [0.2, 0.25) is 0 Å². The molecule has 0 fully saturated rings. The van der Waals surface area contributed by atoms with Gasteiger partial charge in [-0.3, -0.25) is 4.79 Å². The minimum atomic E-state index is -3.17. The number of hydrogen-bond acceptors (Lipinski definition) is 7. The summed E-state index contributed by atoms with van der Waals surface area (Å²) in [4.78, 5) is 15.1. The largest absolute Gasteiger partial charge is 0.510 e. The fourth-order valence-corrected chi connectivity index (χ4v) is 13.5. The van der Waals surface area contributed by atoms with Crippen molar-refractivity contribution in [3.8, 4) is 23.0 Å². The van der Waals surface area contributed by atoms with Crippen molar-refractivity contribution in [2.75, 3.05) is 14.2 Å². The minimum Gasteiger partial charge on any atom is -0.510 e. The van der Waals surface area contributed by atoms with Crippen LogP contribution >= 0.6 is 22.6 Å². The lowest BCUT2D eigenvalue weighted by Gasteiger charge is -2.51. The summed E-state index contributed by atoms with van der Waals surface area (Å²) in [5.41, 5.74) is 3.31. The summed E-state index contributed by atoms with van der Waals surface area (Å²) in [6, 6.07) is 10.00. The highest BCUT2D eigenvalue weighted by atomic mass is 127. The van der Waals surface area contributed by atoms with Crippen LogP contribution in [-0.4, -0.2) is 43.0 Å². The van der Waals surface area contributed by atoms with Gasteiger partial charge in [-0.25, -0.2) is 0 Å². The number of hydrogen-bond donors (Lipinski definition) is 0. The second-order valence-corrected chi connectivity index (χ2v) is 27.3. The van der Waals surface area contributed by atoms with E-state index in [4.69, 9.17) is 27.5 Å². The summed E-state index contributed by atoms with van der Waals surface area (Å²) in [6.07, 6.45) is -0.804. The zero-order chi connectivity index (χ0) is 35.8. The fraction of sp³-hybridized carbons (Fsp3) is 0.553. The summed E-state index contributed by atoms with van der Waals surface area (Å²) in [6.45, 7) is 26.6. The third-order valence-corrected chi connectivity index (χ3v) is 21.2. The summed E-state index contributed by atoms with van der Waals surface area (Å²) < 4.78 is 41.0. The third kappa shape index (κ3) is 6.11. The lowest BCUT2D eigenvalue weighted by molar-refractivity contribution is -0.000502. The van der Waals surface area contributed by atoms with Gasteiger partial charge in [0.15, 0.2) is 14.1 Å². The van der Waals surface area contributed by atoms with Gasteiger partial charge in [0.1, 0.15) is 29.1 Å². The number of Topliss-reactive ketones (excluding diaryl/α,β-unsaturated/α-hetero) is 1. The smallest absolute Gasteiger partial charge is 0.471 e. The van der Waals surface area contributed by atoms with Crippen LogP contribution in [0.5, 0.6) is 23.0 Å². The highest BCUT2D eigenvalue weighted by Crippen LogP contribution is 2.61. The first kappa shape index (κ1) is 37.1. The van der Waals surface area contributed by atoms with Crippen molar-refractivity contribution in [2.24, 2.45) is 0 Å². The molecular weight excluding hydrogens is 751 g/mol. The molecule has 10 heteroatoms. The second kappa shape index (κ2) is 12.6. The maximum absolute atomic E-state index is 15.1. The molecule has 2 aliphatic rings. The van der Waals surface area contributed by atoms with Crippen molar-refractivity contribution in [3.05, 3.63) is 56.2 Å². The van der Waals surface area contributed by atoms with Gasteiger partial charge in [-0.2, -0.15) is 0 Å². The molecule has 1 aliphatic heterocycles. The molecule has 0 bridgehead atoms. The van der Waals surface area contributed by atoms with Gasteiger partial charge in [0.05, 0.1) is 41.5 Å². The van der Waals surface area contributed by atoms with Crippen LogP contribution < -0.4 is 18.3 Å². The lowest BCUT2D eigenvalue weighted by atomic mass is 9.82. The van der Waals surface area contributed by atoms with Crippen LogP contribution in [0, 0.1) is 10.5 Å². The third-order valence-electron chi connectivity index (χ3n) is 10.4. The Hall–Kier alpha value is -2.13. The highest BCUT2D eigenvalue weighted by Gasteiger charge is 2.65. The number of benzene rings is 3. The number of methoxy groups -OCH3 is 2. The number of fused-ring (bicyclic) bond motifs is 2. The first-order chi connectivity index (χ1) is 22.1. The van der Waals surface area contributed by atoms with E-state index in [1.165, 1.54) is 0 Å². The van der Waals surface area contributed by atoms with Crippen LogP contribution in [-0.2, 0) is 15.8 Å². The quantitative estimate of drug-likeness (QED) is 0.174. The molecule has 0 aromatic heterocycles. The van der Waals surface area contributed by atoms with Gasteiger partial charge >= 0.3 is 8.56 Å². The van der Waals surface area contributed by atoms with Crippen LogP contribution in [0.2, 0.25) is 28.2 Å². The molecule has 5 rings (SSSR count). The molecule has 2 atom stereocenters. The number of carbonyl (C=O) groups is 1. The van der Waals surface area contributed by atoms with Crippen LogP contribution in [0.25, 0.3) is 10.8 Å². The van der Waals surface area contributed by atoms with E-state index in [2.05, 4.69) is 111 Å². The molecule has 0 amide bonds. The minimum absolute atomic E-state index is 0.0801. The molecule has 262 valence electrons. The van der Waals surface area contributed by atoms with Crippen LogP contribution in [0.4, 0.5) is 0 Å². The first-order valence-electron chi connectivity index (χ1n) is 16.8. The van der Waals surface area contributed by atoms with E-state index in [1.807, 2.05) is 24.3 Å². The zero-order valence-corrected chi connectivity index (χ0v) is 35.3. The molecule has 3 aromatic rings. The Balaban J connectivity index is 1.82. The van der Waals surface area contributed by atoms with Crippen molar-refractivity contribution in [2.45, 2.75) is 123 Å². The van der Waals surface area contributed by atoms with Gasteiger partial charge in [-0.15, -0.1) is 0 Å². The second-order valence-electron chi connectivity index (χ2n) is 16.8. The van der Waals surface area contributed by atoms with E-state index in [0.29, 0.717) is 30.1 Å². The maximum atomic E-state index is 15.1. The number of ketones is 1. The molecule has 0 N–H and O–H groups in total. The van der Waals surface area contributed by atoms with Crippen molar-refractivity contribution >= 4 is 56.0 Å². The molecule has 3 aromatic carbocycles. The Morgan fingerprint density at radius 3 is 2.00 bits per heavy atom. The van der Waals surface area contributed by atoms with Gasteiger partial charge in [-0.05, 0) is 77.0 Å². The fourth-order valence-electron chi connectivity index (χ4n) is 6.97. The molecule has 0 saturated heterocycles. The highest BCUT2D eigenvalue weighted by molar-refractivity contribution is 14.1. The van der Waals surface area contributed by atoms with Crippen LogP contribution in [0.1, 0.15) is 102 Å². The topological polar surface area (TPSA) is 72.5 Å². The Morgan fingerprint density at radius 1 is 0.896 bits per heavy atom. The van der Waals surface area contributed by atoms with Crippen LogP contribution in [0.15, 0.2) is 30.3 Å². The van der Waals surface area contributed by atoms with E-state index in [-0.39, 0.29) is 20.9 Å². The summed E-state index contributed by atoms with van der Waals surface area (Å²) >= 11 is 2.38. The number of ether oxygens (including phenoxy) is 3. The molecule has 7 nitrogen and oxygen atoms in total. The molecule has 0 radical (unpaired) electrons. The average molecular weight is 805 g/mol. The number of aryl methyl sites for hydroxylation is 1. The number of rotatable bonds is 7. The Labute approximate surface area is 302 Å². The van der Waals surface area contributed by atoms with Gasteiger partial charge in [-0.1, -0.05) is 74.4 Å². The standard InChI is InChI=1S/C38H53IO7Si2/c1-22-19-25-28-34(45-48(37(5,6)7,38(8,9)10)46-35(28)31(22)39)30-29(33(25)42-12)26(43-21-23-15-17-24(41-11)18-16-23)20-27(32(30)40)44-47(13,14)36(2,3)4/h15-19,26-27H,20-21H2,1-14H3/t26-,27-/m0/s1. The normalized spacial score (nSPS) is 19.4. The molecule has 1 aliphatic carbocycles. The summed E-state index contributed by atoms with van der Waals surface area (Å²) in [7, 11) is -2.21. The first-order valence-corrected chi connectivity index (χ1v) is 22.6. The number of carbonyl (C=O) groups excluding carboxylic acids is 1. The van der Waals surface area contributed by atoms with Crippen molar-refractivity contribution < 1.29 is 32.3 Å². The average Bonchev–Trinajstić information content (AvgIpc) is 2.98. The molecule has 48 heavy (non-hydrogen) atoms. The van der Waals surface area contributed by atoms with Crippen molar-refractivity contribution in [3.63, 3.8) is 0 Å². The molecule has 1 heterocycles. The van der Waals surface area contributed by atoms with E-state index in [0.717, 1.165) is 42.5 Å². The van der Waals surface area contributed by atoms with Crippen molar-refractivity contribution in [1.29, 1.82) is 0 Å². The zero-order valence-electron chi connectivity index (χ0n) is 31.2.